The van der Waals surface area contributed by atoms with Crippen LogP contribution in [0.5, 0.6) is 0 Å². The van der Waals surface area contributed by atoms with Crippen LogP contribution in [0.15, 0.2) is 4.99 Å². The Morgan fingerprint density at radius 3 is 2.58 bits per heavy atom. The highest BCUT2D eigenvalue weighted by molar-refractivity contribution is 6.04. The fourth-order valence-electron chi connectivity index (χ4n) is 2.87. The van der Waals surface area contributed by atoms with E-state index >= 15 is 0 Å². The molecular weight excluding hydrogens is 256 g/mol. The Balaban J connectivity index is 2.51. The highest BCUT2D eigenvalue weighted by atomic mass is 16.4. The monoisotopic (exact) mass is 269 g/mol. The molecule has 1 saturated carbocycles. The third-order valence-electron chi connectivity index (χ3n) is 4.30. The van der Waals surface area contributed by atoms with E-state index in [-0.39, 0.29) is 0 Å². The number of nitrogens with zero attached hydrogens (tertiary/aromatic N) is 1. The van der Waals surface area contributed by atoms with Crippen LogP contribution in [0.4, 0.5) is 4.79 Å². The van der Waals surface area contributed by atoms with E-state index in [0.29, 0.717) is 0 Å². The number of amidine groups is 1. The Bertz CT molecular complexity index is 518. The van der Waals surface area contributed by atoms with Crippen LogP contribution in [0.2, 0.25) is 0 Å². The molecule has 4 atom stereocenters. The summed E-state index contributed by atoms with van der Waals surface area (Å²) in [6, 6.07) is -3.74. The molecule has 2 rings (SSSR count). The van der Waals surface area contributed by atoms with Crippen LogP contribution in [0.1, 0.15) is 13.8 Å². The molecule has 0 radical (unpaired) electrons. The van der Waals surface area contributed by atoms with Gasteiger partial charge in [0.25, 0.3) is 0 Å². The smallest absolute Gasteiger partial charge is 0.312 e. The highest BCUT2D eigenvalue weighted by Crippen LogP contribution is 2.59. The SMILES string of the molecule is C[C@]12C(=O)NC([O-])=N[C@H]1[C@@H](NC(N)=O)[C@@]2(C)C(=O)O. The van der Waals surface area contributed by atoms with Crippen molar-refractivity contribution in [1.29, 1.82) is 0 Å². The van der Waals surface area contributed by atoms with Crippen LogP contribution in [-0.2, 0) is 9.59 Å². The zero-order chi connectivity index (χ0) is 14.6. The molecule has 1 aliphatic heterocycles. The fraction of sp³-hybridized carbons (Fsp3) is 0.600. The quantitative estimate of drug-likeness (QED) is 0.430. The van der Waals surface area contributed by atoms with E-state index in [0.717, 1.165) is 0 Å². The number of carboxylic acid groups (broad SMARTS) is 1. The molecule has 9 nitrogen and oxygen atoms in total. The van der Waals surface area contributed by atoms with Gasteiger partial charge in [-0.1, -0.05) is 0 Å². The zero-order valence-electron chi connectivity index (χ0n) is 10.3. The second-order valence-electron chi connectivity index (χ2n) is 5.03. The minimum Gasteiger partial charge on any atom is -0.846 e. The van der Waals surface area contributed by atoms with Gasteiger partial charge in [0.2, 0.25) is 5.91 Å². The van der Waals surface area contributed by atoms with Crippen molar-refractivity contribution in [3.63, 3.8) is 0 Å². The van der Waals surface area contributed by atoms with Crippen molar-refractivity contribution in [1.82, 2.24) is 10.6 Å². The molecule has 19 heavy (non-hydrogen) atoms. The lowest BCUT2D eigenvalue weighted by atomic mass is 9.44. The molecule has 104 valence electrons. The number of nitrogens with one attached hydrogen (secondary N) is 2. The average Bonchev–Trinajstić information content (AvgIpc) is 2.30. The Morgan fingerprint density at radius 1 is 1.53 bits per heavy atom. The third kappa shape index (κ3) is 1.35. The number of aliphatic imine (C=N–C) groups is 1. The van der Waals surface area contributed by atoms with Crippen molar-refractivity contribution < 1.29 is 24.6 Å². The number of nitrogens with two attached hydrogens (primary N) is 1. The first kappa shape index (κ1) is 13.1. The molecule has 0 aromatic carbocycles. The lowest BCUT2D eigenvalue weighted by Crippen LogP contribution is -2.83. The lowest BCUT2D eigenvalue weighted by molar-refractivity contribution is -0.232. The van der Waals surface area contributed by atoms with Crippen LogP contribution < -0.4 is 21.5 Å². The molecule has 5 N–H and O–H groups in total. The van der Waals surface area contributed by atoms with Gasteiger partial charge in [0, 0.05) is 0 Å². The molecule has 9 heteroatoms. The van der Waals surface area contributed by atoms with Gasteiger partial charge in [0.1, 0.15) is 5.41 Å². The van der Waals surface area contributed by atoms with Crippen molar-refractivity contribution in [2.45, 2.75) is 25.9 Å². The summed E-state index contributed by atoms with van der Waals surface area (Å²) in [5, 5.41) is 24.8. The van der Waals surface area contributed by atoms with Gasteiger partial charge in [0.15, 0.2) is 0 Å². The number of amides is 3. The normalized spacial score (nSPS) is 40.3. The number of hydrogen-bond donors (Lipinski definition) is 4. The van der Waals surface area contributed by atoms with Crippen molar-refractivity contribution in [2.24, 2.45) is 21.6 Å². The van der Waals surface area contributed by atoms with Gasteiger partial charge in [-0.25, -0.2) is 4.79 Å². The molecule has 0 bridgehead atoms. The summed E-state index contributed by atoms with van der Waals surface area (Å²) in [6.45, 7) is 2.72. The molecule has 0 saturated heterocycles. The first-order valence-corrected chi connectivity index (χ1v) is 5.51. The summed E-state index contributed by atoms with van der Waals surface area (Å²) in [7, 11) is 0. The van der Waals surface area contributed by atoms with Gasteiger partial charge in [-0.05, 0) is 13.8 Å². The van der Waals surface area contributed by atoms with Gasteiger partial charge in [-0.3, -0.25) is 14.6 Å². The number of carbonyl (C=O) groups is 3. The molecule has 2 aliphatic rings. The third-order valence-corrected chi connectivity index (χ3v) is 4.30. The number of carbonyl (C=O) groups excluding carboxylic acids is 2. The fourth-order valence-corrected chi connectivity index (χ4v) is 2.87. The minimum atomic E-state index is -1.60. The first-order chi connectivity index (χ1) is 8.65. The number of carboxylic acids is 1. The minimum absolute atomic E-state index is 0.718. The van der Waals surface area contributed by atoms with E-state index in [2.05, 4.69) is 10.3 Å². The Hall–Kier alpha value is -2.32. The number of rotatable bonds is 2. The number of aliphatic carboxylic acids is 1. The lowest BCUT2D eigenvalue weighted by Gasteiger charge is -2.63. The van der Waals surface area contributed by atoms with Gasteiger partial charge in [0.05, 0.1) is 23.5 Å². The van der Waals surface area contributed by atoms with Crippen molar-refractivity contribution in [3.05, 3.63) is 0 Å². The van der Waals surface area contributed by atoms with Gasteiger partial charge < -0.3 is 26.6 Å². The van der Waals surface area contributed by atoms with Crippen LogP contribution >= 0.6 is 0 Å². The van der Waals surface area contributed by atoms with Crippen LogP contribution in [0.25, 0.3) is 0 Å². The highest BCUT2D eigenvalue weighted by Gasteiger charge is 2.76. The molecule has 0 unspecified atom stereocenters. The zero-order valence-corrected chi connectivity index (χ0v) is 10.3. The standard InChI is InChI=1S/C10H14N4O5/c1-9-3(13-8(19)14-5(9)15)4(12-7(11)18)10(9,2)6(16)17/h3-4H,1-2H3,(H,16,17)(H3,11,12,18)(H2,13,14,15,19)/p-1/t3-,4+,9+,10-/m0/s1. The number of primary amides is 1. The van der Waals surface area contributed by atoms with Gasteiger partial charge in [-0.2, -0.15) is 0 Å². The molecule has 0 spiro atoms. The van der Waals surface area contributed by atoms with Crippen molar-refractivity contribution >= 4 is 23.9 Å². The summed E-state index contributed by atoms with van der Waals surface area (Å²) >= 11 is 0. The largest absolute Gasteiger partial charge is 0.846 e. The molecule has 1 heterocycles. The van der Waals surface area contributed by atoms with Crippen LogP contribution in [0.3, 0.4) is 0 Å². The molecule has 1 aliphatic carbocycles. The molecule has 0 aromatic heterocycles. The van der Waals surface area contributed by atoms with E-state index in [4.69, 9.17) is 5.73 Å². The number of hydrogen-bond acceptors (Lipinski definition) is 5. The number of urea groups is 1. The predicted octanol–water partition coefficient (Wildman–Crippen LogP) is -2.65. The van der Waals surface area contributed by atoms with E-state index in [1.54, 1.807) is 0 Å². The Labute approximate surface area is 107 Å². The second kappa shape index (κ2) is 3.59. The summed E-state index contributed by atoms with van der Waals surface area (Å²) in [5.41, 5.74) is 1.98. The maximum atomic E-state index is 11.9. The Morgan fingerprint density at radius 2 is 2.11 bits per heavy atom. The number of fused-ring (bicyclic) bond motifs is 1. The molecule has 0 aromatic rings. The predicted molar refractivity (Wildman–Crippen MR) is 59.7 cm³/mol. The van der Waals surface area contributed by atoms with E-state index in [1.165, 1.54) is 13.8 Å². The molecule has 3 amide bonds. The van der Waals surface area contributed by atoms with E-state index in [1.807, 2.05) is 5.32 Å². The summed E-state index contributed by atoms with van der Waals surface area (Å²) in [6.07, 6.45) is 0. The Kier molecular flexibility index (Phi) is 2.48. The van der Waals surface area contributed by atoms with E-state index in [9.17, 15) is 24.6 Å². The molecule has 1 fully saturated rings. The summed E-state index contributed by atoms with van der Waals surface area (Å²) in [5.74, 6) is -1.99. The summed E-state index contributed by atoms with van der Waals surface area (Å²) < 4.78 is 0. The van der Waals surface area contributed by atoms with E-state index < -0.39 is 46.8 Å². The maximum Gasteiger partial charge on any atom is 0.312 e. The van der Waals surface area contributed by atoms with Crippen molar-refractivity contribution in [3.8, 4) is 0 Å². The van der Waals surface area contributed by atoms with Gasteiger partial charge >= 0.3 is 12.0 Å². The van der Waals surface area contributed by atoms with Crippen molar-refractivity contribution in [2.75, 3.05) is 0 Å². The maximum absolute atomic E-state index is 11.9. The first-order valence-electron chi connectivity index (χ1n) is 5.51. The average molecular weight is 269 g/mol. The van der Waals surface area contributed by atoms with Gasteiger partial charge in [-0.15, -0.1) is 0 Å². The topological polar surface area (TPSA) is 157 Å². The molecular formula is C10H13N4O5-. The van der Waals surface area contributed by atoms with Crippen LogP contribution in [-0.4, -0.2) is 41.1 Å². The van der Waals surface area contributed by atoms with Crippen LogP contribution in [0, 0.1) is 10.8 Å². The second-order valence-corrected chi connectivity index (χ2v) is 5.03. The summed E-state index contributed by atoms with van der Waals surface area (Å²) in [4.78, 5) is 38.1.